The number of hydrogen-bond donors (Lipinski definition) is 2. The normalized spacial score (nSPS) is 12.1. The zero-order valence-electron chi connectivity index (χ0n) is 13.0. The largest absolute Gasteiger partial charge is 0.493 e. The van der Waals surface area contributed by atoms with Crippen LogP contribution in [0, 0.1) is 6.07 Å². The van der Waals surface area contributed by atoms with Crippen molar-refractivity contribution >= 4 is 20.2 Å². The van der Waals surface area contributed by atoms with E-state index in [2.05, 4.69) is 6.07 Å². The highest BCUT2D eigenvalue weighted by Gasteiger charge is 2.05. The van der Waals surface area contributed by atoms with Gasteiger partial charge >= 0.3 is 0 Å². The van der Waals surface area contributed by atoms with Gasteiger partial charge in [0, 0.05) is 12.1 Å². The Labute approximate surface area is 142 Å². The van der Waals surface area contributed by atoms with E-state index in [4.69, 9.17) is 18.6 Å². The third-order valence-corrected chi connectivity index (χ3v) is 4.48. The van der Waals surface area contributed by atoms with Crippen LogP contribution in [0.4, 0.5) is 0 Å². The molecule has 10 heteroatoms. The van der Waals surface area contributed by atoms with E-state index in [1.54, 1.807) is 18.2 Å². The summed E-state index contributed by atoms with van der Waals surface area (Å²) in [5, 5.41) is 0. The van der Waals surface area contributed by atoms with Crippen LogP contribution < -0.4 is 9.47 Å². The molecule has 24 heavy (non-hydrogen) atoms. The molecule has 1 radical (unpaired) electrons. The van der Waals surface area contributed by atoms with Gasteiger partial charge in [-0.2, -0.15) is 16.8 Å². The smallest absolute Gasteiger partial charge is 0.264 e. The highest BCUT2D eigenvalue weighted by atomic mass is 32.2. The fourth-order valence-electron chi connectivity index (χ4n) is 1.74. The van der Waals surface area contributed by atoms with Gasteiger partial charge in [0.1, 0.15) is 11.5 Å². The Balaban J connectivity index is 2.26. The van der Waals surface area contributed by atoms with Crippen LogP contribution in [0.5, 0.6) is 11.5 Å². The number of hydrogen-bond acceptors (Lipinski definition) is 6. The Morgan fingerprint density at radius 1 is 0.875 bits per heavy atom. The second-order valence-corrected chi connectivity index (χ2v) is 8.22. The summed E-state index contributed by atoms with van der Waals surface area (Å²) in [7, 11) is -7.87. The first kappa shape index (κ1) is 20.7. The van der Waals surface area contributed by atoms with Gasteiger partial charge in [-0.1, -0.05) is 0 Å². The molecule has 0 aliphatic heterocycles. The monoisotopic (exact) mass is 381 g/mol. The van der Waals surface area contributed by atoms with Gasteiger partial charge in [0.15, 0.2) is 0 Å². The molecule has 1 aromatic rings. The fourth-order valence-corrected chi connectivity index (χ4v) is 2.88. The number of unbranched alkanes of at least 4 members (excludes halogenated alkanes) is 2. The molecule has 0 aromatic heterocycles. The zero-order chi connectivity index (χ0) is 18.1. The molecule has 137 valence electrons. The number of ether oxygens (including phenoxy) is 2. The van der Waals surface area contributed by atoms with E-state index >= 15 is 0 Å². The van der Waals surface area contributed by atoms with Crippen molar-refractivity contribution in [2.75, 3.05) is 24.7 Å². The minimum Gasteiger partial charge on any atom is -0.493 e. The molecule has 2 N–H and O–H groups in total. The second kappa shape index (κ2) is 9.82. The highest BCUT2D eigenvalue weighted by molar-refractivity contribution is 7.86. The number of benzene rings is 1. The molecular formula is C14H21O8S2. The Kier molecular flexibility index (Phi) is 8.46. The first-order valence-corrected chi connectivity index (χ1v) is 10.6. The van der Waals surface area contributed by atoms with Crippen molar-refractivity contribution in [1.82, 2.24) is 0 Å². The molecule has 0 aliphatic rings. The average molecular weight is 381 g/mol. The topological polar surface area (TPSA) is 127 Å². The molecule has 0 amide bonds. The van der Waals surface area contributed by atoms with Crippen LogP contribution in [0.2, 0.25) is 0 Å². The van der Waals surface area contributed by atoms with Gasteiger partial charge in [-0.25, -0.2) is 0 Å². The van der Waals surface area contributed by atoms with Crippen molar-refractivity contribution in [2.45, 2.75) is 25.7 Å². The van der Waals surface area contributed by atoms with E-state index in [1.807, 2.05) is 0 Å². The first-order valence-electron chi connectivity index (χ1n) is 7.33. The molecular weight excluding hydrogens is 360 g/mol. The van der Waals surface area contributed by atoms with Crippen LogP contribution in [-0.2, 0) is 20.2 Å². The summed E-state index contributed by atoms with van der Waals surface area (Å²) < 4.78 is 70.3. The van der Waals surface area contributed by atoms with Gasteiger partial charge < -0.3 is 9.47 Å². The third-order valence-electron chi connectivity index (χ3n) is 2.87. The predicted molar refractivity (Wildman–Crippen MR) is 87.6 cm³/mol. The van der Waals surface area contributed by atoms with Crippen molar-refractivity contribution in [3.8, 4) is 11.5 Å². The summed E-state index contributed by atoms with van der Waals surface area (Å²) in [5.41, 5.74) is 0. The van der Waals surface area contributed by atoms with Gasteiger partial charge in [0.2, 0.25) is 0 Å². The SMILES string of the molecule is O=S(=O)(O)CCCCOc1[c]ccc(OCCCCS(=O)(=O)O)c1. The fraction of sp³-hybridized carbons (Fsp3) is 0.571. The van der Waals surface area contributed by atoms with Crippen LogP contribution in [0.25, 0.3) is 0 Å². The minimum absolute atomic E-state index is 0.282. The molecule has 1 aromatic carbocycles. The maximum atomic E-state index is 10.6. The van der Waals surface area contributed by atoms with Crippen molar-refractivity contribution < 1.29 is 35.4 Å². The van der Waals surface area contributed by atoms with Gasteiger partial charge in [0.25, 0.3) is 20.2 Å². The molecule has 0 heterocycles. The van der Waals surface area contributed by atoms with Crippen molar-refractivity contribution in [3.05, 3.63) is 24.3 Å². The van der Waals surface area contributed by atoms with Crippen LogP contribution in [0.3, 0.4) is 0 Å². The van der Waals surface area contributed by atoms with Crippen LogP contribution in [0.15, 0.2) is 18.2 Å². The first-order chi connectivity index (χ1) is 11.2. The lowest BCUT2D eigenvalue weighted by Crippen LogP contribution is -2.06. The maximum absolute atomic E-state index is 10.6. The quantitative estimate of drug-likeness (QED) is 0.413. The summed E-state index contributed by atoms with van der Waals surface area (Å²) in [4.78, 5) is 0. The summed E-state index contributed by atoms with van der Waals surface area (Å²) in [6.45, 7) is 0.581. The standard InChI is InChI=1S/C14H21O8S2/c15-23(16,17)10-3-1-8-21-13-6-5-7-14(12-13)22-9-2-4-11-24(18,19)20/h5-6,12H,1-4,8-11H2,(H,15,16,17)(H,18,19,20). The van der Waals surface area contributed by atoms with E-state index in [0.29, 0.717) is 43.8 Å². The molecule has 1 rings (SSSR count). The molecule has 0 saturated carbocycles. The minimum atomic E-state index is -3.94. The van der Waals surface area contributed by atoms with E-state index < -0.39 is 20.2 Å². The maximum Gasteiger partial charge on any atom is 0.264 e. The summed E-state index contributed by atoms with van der Waals surface area (Å²) in [5.74, 6) is 0.384. The predicted octanol–water partition coefficient (Wildman–Crippen LogP) is 1.58. The van der Waals surface area contributed by atoms with Crippen molar-refractivity contribution in [1.29, 1.82) is 0 Å². The lowest BCUT2D eigenvalue weighted by molar-refractivity contribution is 0.293. The van der Waals surface area contributed by atoms with Gasteiger partial charge in [0.05, 0.1) is 24.7 Å². The summed E-state index contributed by atoms with van der Waals surface area (Å²) in [6.07, 6.45) is 1.54. The second-order valence-electron chi connectivity index (χ2n) is 5.07. The van der Waals surface area contributed by atoms with E-state index in [-0.39, 0.29) is 18.1 Å². The Hall–Kier alpha value is -1.36. The highest BCUT2D eigenvalue weighted by Crippen LogP contribution is 2.19. The summed E-state index contributed by atoms with van der Waals surface area (Å²) >= 11 is 0. The van der Waals surface area contributed by atoms with Gasteiger partial charge in [-0.3, -0.25) is 9.11 Å². The number of rotatable bonds is 12. The van der Waals surface area contributed by atoms with Crippen molar-refractivity contribution in [2.24, 2.45) is 0 Å². The van der Waals surface area contributed by atoms with Crippen molar-refractivity contribution in [3.63, 3.8) is 0 Å². The molecule has 0 atom stereocenters. The Morgan fingerprint density at radius 2 is 1.42 bits per heavy atom. The zero-order valence-corrected chi connectivity index (χ0v) is 14.7. The average Bonchev–Trinajstić information content (AvgIpc) is 2.44. The Bertz CT molecular complexity index is 640. The van der Waals surface area contributed by atoms with Gasteiger partial charge in [-0.05, 0) is 37.8 Å². The molecule has 0 bridgehead atoms. The molecule has 0 aliphatic carbocycles. The Morgan fingerprint density at radius 3 is 1.96 bits per heavy atom. The van der Waals surface area contributed by atoms with E-state index in [1.165, 1.54) is 0 Å². The molecule has 0 fully saturated rings. The van der Waals surface area contributed by atoms with Crippen LogP contribution in [0.1, 0.15) is 25.7 Å². The molecule has 8 nitrogen and oxygen atoms in total. The lowest BCUT2D eigenvalue weighted by atomic mass is 10.3. The third kappa shape index (κ3) is 11.2. The molecule has 0 spiro atoms. The summed E-state index contributed by atoms with van der Waals surface area (Å²) in [6, 6.07) is 7.76. The van der Waals surface area contributed by atoms with E-state index in [0.717, 1.165) is 0 Å². The van der Waals surface area contributed by atoms with Crippen LogP contribution in [-0.4, -0.2) is 50.7 Å². The molecule has 0 saturated heterocycles. The van der Waals surface area contributed by atoms with Crippen LogP contribution >= 0.6 is 0 Å². The van der Waals surface area contributed by atoms with E-state index in [9.17, 15) is 16.8 Å². The lowest BCUT2D eigenvalue weighted by Gasteiger charge is -2.09. The van der Waals surface area contributed by atoms with Gasteiger partial charge in [-0.15, -0.1) is 0 Å². The molecule has 0 unspecified atom stereocenters.